The van der Waals surface area contributed by atoms with Gasteiger partial charge in [0.05, 0.1) is 47.8 Å². The summed E-state index contributed by atoms with van der Waals surface area (Å²) < 4.78 is 40.8. The van der Waals surface area contributed by atoms with E-state index >= 15 is 0 Å². The summed E-state index contributed by atoms with van der Waals surface area (Å²) in [5.41, 5.74) is 3.23. The minimum absolute atomic E-state index is 0.342. The first-order valence-corrected chi connectivity index (χ1v) is 14.1. The molecule has 0 unspecified atom stereocenters. The van der Waals surface area contributed by atoms with Crippen molar-refractivity contribution in [2.45, 2.75) is 19.7 Å². The van der Waals surface area contributed by atoms with E-state index in [1.807, 2.05) is 48.5 Å². The summed E-state index contributed by atoms with van der Waals surface area (Å²) in [7, 11) is 4.97. The Morgan fingerprint density at radius 3 is 1.76 bits per heavy atom. The topological polar surface area (TPSA) is 71.1 Å². The van der Waals surface area contributed by atoms with Crippen LogP contribution in [-0.2, 0) is 29.2 Å². The van der Waals surface area contributed by atoms with Crippen LogP contribution in [-0.4, -0.2) is 83.7 Å². The van der Waals surface area contributed by atoms with Crippen LogP contribution in [0, 0.1) is 0 Å². The smallest absolute Gasteiger partial charge is 0.204 e. The molecule has 2 aliphatic heterocycles. The van der Waals surface area contributed by atoms with Crippen LogP contribution in [0.15, 0.2) is 54.6 Å². The molecule has 0 aliphatic carbocycles. The number of hydrogen-bond acceptors (Lipinski definition) is 9. The first-order valence-electron chi connectivity index (χ1n) is 14.1. The maximum atomic E-state index is 6.55. The zero-order valence-electron chi connectivity index (χ0n) is 24.2. The zero-order chi connectivity index (χ0) is 28.4. The molecule has 2 saturated heterocycles. The number of ether oxygens (including phenoxy) is 7. The molecule has 0 radical (unpaired) electrons. The van der Waals surface area contributed by atoms with Gasteiger partial charge in [-0.25, -0.2) is 0 Å². The van der Waals surface area contributed by atoms with Gasteiger partial charge in [0.2, 0.25) is 5.75 Å². The van der Waals surface area contributed by atoms with Crippen LogP contribution >= 0.6 is 0 Å². The molecule has 2 aliphatic rings. The molecular formula is C32H40N2O7. The molecule has 0 N–H and O–H groups in total. The van der Waals surface area contributed by atoms with E-state index < -0.39 is 0 Å². The average molecular weight is 565 g/mol. The highest BCUT2D eigenvalue weighted by Gasteiger charge is 2.20. The van der Waals surface area contributed by atoms with E-state index in [0.717, 1.165) is 88.1 Å². The fraction of sp³-hybridized carbons (Fsp3) is 0.438. The molecule has 5 rings (SSSR count). The number of rotatable bonds is 12. The normalized spacial score (nSPS) is 16.3. The molecule has 0 atom stereocenters. The summed E-state index contributed by atoms with van der Waals surface area (Å²) in [5, 5.41) is 0. The van der Waals surface area contributed by atoms with Gasteiger partial charge >= 0.3 is 0 Å². The quantitative estimate of drug-likeness (QED) is 0.310. The van der Waals surface area contributed by atoms with Crippen LogP contribution < -0.4 is 23.7 Å². The van der Waals surface area contributed by atoms with E-state index in [4.69, 9.17) is 33.2 Å². The van der Waals surface area contributed by atoms with Gasteiger partial charge in [0.1, 0.15) is 12.4 Å². The van der Waals surface area contributed by atoms with Gasteiger partial charge in [-0.2, -0.15) is 0 Å². The van der Waals surface area contributed by atoms with Crippen LogP contribution in [0.1, 0.15) is 16.7 Å². The van der Waals surface area contributed by atoms with Gasteiger partial charge < -0.3 is 33.2 Å². The Bertz CT molecular complexity index is 1260. The Morgan fingerprint density at radius 2 is 1.15 bits per heavy atom. The van der Waals surface area contributed by atoms with Crippen molar-refractivity contribution in [3.05, 3.63) is 71.3 Å². The lowest BCUT2D eigenvalue weighted by molar-refractivity contribution is 0.0340. The third-order valence-corrected chi connectivity index (χ3v) is 7.31. The van der Waals surface area contributed by atoms with Gasteiger partial charge in [0.25, 0.3) is 0 Å². The molecule has 3 aromatic carbocycles. The van der Waals surface area contributed by atoms with Crippen molar-refractivity contribution < 1.29 is 33.2 Å². The van der Waals surface area contributed by atoms with Crippen molar-refractivity contribution in [2.75, 3.05) is 73.9 Å². The molecular weight excluding hydrogens is 524 g/mol. The van der Waals surface area contributed by atoms with Crippen molar-refractivity contribution in [3.8, 4) is 34.5 Å². The number of morpholine rings is 2. The van der Waals surface area contributed by atoms with Crippen molar-refractivity contribution >= 4 is 0 Å². The fourth-order valence-electron chi connectivity index (χ4n) is 5.02. The van der Waals surface area contributed by atoms with Gasteiger partial charge in [-0.3, -0.25) is 9.80 Å². The van der Waals surface area contributed by atoms with Crippen LogP contribution in [0.5, 0.6) is 34.5 Å². The molecule has 9 heteroatoms. The van der Waals surface area contributed by atoms with E-state index in [1.54, 1.807) is 21.3 Å². The summed E-state index contributed by atoms with van der Waals surface area (Å²) in [6.07, 6.45) is 0. The van der Waals surface area contributed by atoms with Gasteiger partial charge in [0.15, 0.2) is 23.0 Å². The van der Waals surface area contributed by atoms with Crippen molar-refractivity contribution in [1.82, 2.24) is 9.80 Å². The van der Waals surface area contributed by atoms with Crippen LogP contribution in [0.2, 0.25) is 0 Å². The first-order chi connectivity index (χ1) is 20.1. The fourth-order valence-corrected chi connectivity index (χ4v) is 5.02. The Kier molecular flexibility index (Phi) is 10.2. The predicted octanol–water partition coefficient (Wildman–Crippen LogP) is 4.75. The van der Waals surface area contributed by atoms with Crippen LogP contribution in [0.4, 0.5) is 0 Å². The largest absolute Gasteiger partial charge is 0.497 e. The highest BCUT2D eigenvalue weighted by Crippen LogP contribution is 2.44. The molecule has 0 bridgehead atoms. The molecule has 41 heavy (non-hydrogen) atoms. The second-order valence-corrected chi connectivity index (χ2v) is 10.1. The highest BCUT2D eigenvalue weighted by atomic mass is 16.5. The van der Waals surface area contributed by atoms with E-state index in [-0.39, 0.29) is 0 Å². The average Bonchev–Trinajstić information content (AvgIpc) is 3.02. The summed E-state index contributed by atoms with van der Waals surface area (Å²) in [6, 6.07) is 17.9. The minimum atomic E-state index is 0.342. The van der Waals surface area contributed by atoms with E-state index in [0.29, 0.717) is 35.4 Å². The van der Waals surface area contributed by atoms with Gasteiger partial charge in [-0.05, 0) is 53.1 Å². The second-order valence-electron chi connectivity index (χ2n) is 10.1. The highest BCUT2D eigenvalue weighted by molar-refractivity contribution is 5.57. The first kappa shape index (κ1) is 29.0. The Hall–Kier alpha value is -3.50. The SMILES string of the molecule is COc1ccc(COc2c(OC)cc(CN3CCOCC3)cc2Oc2ccc(CN3CCOCC3)cc2OC)cc1. The van der Waals surface area contributed by atoms with Gasteiger partial charge in [0, 0.05) is 39.3 Å². The molecule has 9 nitrogen and oxygen atoms in total. The maximum Gasteiger partial charge on any atom is 0.204 e. The molecule has 3 aromatic rings. The third-order valence-electron chi connectivity index (χ3n) is 7.31. The summed E-state index contributed by atoms with van der Waals surface area (Å²) in [6.45, 7) is 8.53. The zero-order valence-corrected chi connectivity index (χ0v) is 24.2. The molecule has 0 saturated carbocycles. The van der Waals surface area contributed by atoms with Gasteiger partial charge in [-0.15, -0.1) is 0 Å². The summed E-state index contributed by atoms with van der Waals surface area (Å²) in [4.78, 5) is 4.74. The lowest BCUT2D eigenvalue weighted by atomic mass is 10.1. The molecule has 2 heterocycles. The number of methoxy groups -OCH3 is 3. The standard InChI is InChI=1S/C32H40N2O7/c1-35-27-7-4-24(5-8-27)23-40-32-30(37-3)19-26(22-34-12-16-39-17-13-34)20-31(32)41-28-9-6-25(18-29(28)36-2)21-33-10-14-38-15-11-33/h4-9,18-20H,10-17,21-23H2,1-3H3. The molecule has 0 aromatic heterocycles. The van der Waals surface area contributed by atoms with Crippen molar-refractivity contribution in [3.63, 3.8) is 0 Å². The van der Waals surface area contributed by atoms with E-state index in [9.17, 15) is 0 Å². The Labute approximate surface area is 242 Å². The maximum absolute atomic E-state index is 6.55. The Morgan fingerprint density at radius 1 is 0.585 bits per heavy atom. The number of benzene rings is 3. The van der Waals surface area contributed by atoms with Crippen LogP contribution in [0.25, 0.3) is 0 Å². The van der Waals surface area contributed by atoms with E-state index in [1.165, 1.54) is 0 Å². The van der Waals surface area contributed by atoms with E-state index in [2.05, 4.69) is 15.9 Å². The predicted molar refractivity (Wildman–Crippen MR) is 156 cm³/mol. The molecule has 0 spiro atoms. The lowest BCUT2D eigenvalue weighted by Gasteiger charge is -2.27. The number of hydrogen-bond donors (Lipinski definition) is 0. The summed E-state index contributed by atoms with van der Waals surface area (Å²) in [5.74, 6) is 3.79. The molecule has 220 valence electrons. The minimum Gasteiger partial charge on any atom is -0.497 e. The molecule has 2 fully saturated rings. The van der Waals surface area contributed by atoms with Crippen molar-refractivity contribution in [1.29, 1.82) is 0 Å². The van der Waals surface area contributed by atoms with Gasteiger partial charge in [-0.1, -0.05) is 18.2 Å². The third kappa shape index (κ3) is 7.83. The Balaban J connectivity index is 1.41. The number of nitrogens with zero attached hydrogens (tertiary/aromatic N) is 2. The monoisotopic (exact) mass is 564 g/mol. The second kappa shape index (κ2) is 14.4. The lowest BCUT2D eigenvalue weighted by Crippen LogP contribution is -2.35. The summed E-state index contributed by atoms with van der Waals surface area (Å²) >= 11 is 0. The van der Waals surface area contributed by atoms with Crippen molar-refractivity contribution in [2.24, 2.45) is 0 Å². The van der Waals surface area contributed by atoms with Crippen LogP contribution in [0.3, 0.4) is 0 Å². The molecule has 0 amide bonds.